The second-order valence-electron chi connectivity index (χ2n) is 4.09. The largest absolute Gasteiger partial charge is 0.396 e. The number of aryl methyl sites for hydroxylation is 2. The number of aliphatic hydroxyl groups excluding tert-OH is 1. The minimum Gasteiger partial charge on any atom is -0.396 e. The molecule has 0 saturated heterocycles. The molecule has 0 saturated carbocycles. The summed E-state index contributed by atoms with van der Waals surface area (Å²) in [7, 11) is 1.96. The highest BCUT2D eigenvalue weighted by Crippen LogP contribution is 2.06. The van der Waals surface area contributed by atoms with Crippen LogP contribution >= 0.6 is 0 Å². The van der Waals surface area contributed by atoms with Crippen molar-refractivity contribution >= 4 is 0 Å². The van der Waals surface area contributed by atoms with E-state index in [2.05, 4.69) is 23.5 Å². The first kappa shape index (κ1) is 13.2. The molecule has 0 atom stereocenters. The van der Waals surface area contributed by atoms with Gasteiger partial charge < -0.3 is 10.4 Å². The molecule has 0 aliphatic rings. The molecule has 4 nitrogen and oxygen atoms in total. The van der Waals surface area contributed by atoms with Gasteiger partial charge in [0.1, 0.15) is 0 Å². The number of hydrogen-bond acceptors (Lipinski definition) is 3. The Morgan fingerprint density at radius 2 is 2.19 bits per heavy atom. The summed E-state index contributed by atoms with van der Waals surface area (Å²) in [5.74, 6) is 0. The van der Waals surface area contributed by atoms with E-state index in [-0.39, 0.29) is 0 Å². The standard InChI is InChI=1S/C12H23N3O/c1-3-12-11(10-15(2)14-12)9-13-7-5-4-6-8-16/h10,13,16H,3-9H2,1-2H3. The van der Waals surface area contributed by atoms with E-state index in [1.165, 1.54) is 11.3 Å². The molecule has 0 amide bonds. The number of unbranched alkanes of at least 4 members (excludes halogenated alkanes) is 2. The molecule has 2 N–H and O–H groups in total. The first-order valence-electron chi connectivity index (χ1n) is 6.11. The fourth-order valence-corrected chi connectivity index (χ4v) is 1.79. The summed E-state index contributed by atoms with van der Waals surface area (Å²) in [6, 6.07) is 0. The second-order valence-corrected chi connectivity index (χ2v) is 4.09. The van der Waals surface area contributed by atoms with E-state index < -0.39 is 0 Å². The number of nitrogens with zero attached hydrogens (tertiary/aromatic N) is 2. The van der Waals surface area contributed by atoms with Crippen molar-refractivity contribution in [2.24, 2.45) is 7.05 Å². The molecule has 0 radical (unpaired) electrons. The van der Waals surface area contributed by atoms with Gasteiger partial charge >= 0.3 is 0 Å². The van der Waals surface area contributed by atoms with Crippen LogP contribution in [0.15, 0.2) is 6.20 Å². The Balaban J connectivity index is 2.21. The quantitative estimate of drug-likeness (QED) is 0.654. The lowest BCUT2D eigenvalue weighted by Gasteiger charge is -2.03. The molecule has 4 heteroatoms. The van der Waals surface area contributed by atoms with Crippen LogP contribution in [-0.4, -0.2) is 28.0 Å². The Morgan fingerprint density at radius 3 is 2.88 bits per heavy atom. The van der Waals surface area contributed by atoms with Crippen molar-refractivity contribution in [3.8, 4) is 0 Å². The fraction of sp³-hybridized carbons (Fsp3) is 0.750. The average Bonchev–Trinajstić information content (AvgIpc) is 2.64. The Kier molecular flexibility index (Phi) is 6.11. The van der Waals surface area contributed by atoms with Crippen LogP contribution in [0.5, 0.6) is 0 Å². The summed E-state index contributed by atoms with van der Waals surface area (Å²) in [5, 5.41) is 16.5. The minimum atomic E-state index is 0.308. The van der Waals surface area contributed by atoms with Gasteiger partial charge in [-0.2, -0.15) is 5.10 Å². The van der Waals surface area contributed by atoms with Crippen molar-refractivity contribution in [3.05, 3.63) is 17.5 Å². The highest BCUT2D eigenvalue weighted by atomic mass is 16.2. The van der Waals surface area contributed by atoms with Crippen LogP contribution in [0.3, 0.4) is 0 Å². The number of aliphatic hydroxyl groups is 1. The predicted molar refractivity (Wildman–Crippen MR) is 65.2 cm³/mol. The lowest BCUT2D eigenvalue weighted by molar-refractivity contribution is 0.283. The van der Waals surface area contributed by atoms with E-state index in [1.807, 2.05) is 11.7 Å². The number of aromatic nitrogens is 2. The molecule has 1 rings (SSSR count). The smallest absolute Gasteiger partial charge is 0.0666 e. The molecule has 16 heavy (non-hydrogen) atoms. The SMILES string of the molecule is CCc1nn(C)cc1CNCCCCCO. The third-order valence-electron chi connectivity index (χ3n) is 2.65. The van der Waals surface area contributed by atoms with Gasteiger partial charge in [-0.15, -0.1) is 0 Å². The molecule has 0 aliphatic carbocycles. The normalized spacial score (nSPS) is 10.9. The molecule has 1 aromatic heterocycles. The Morgan fingerprint density at radius 1 is 1.38 bits per heavy atom. The van der Waals surface area contributed by atoms with Crippen LogP contribution in [0.1, 0.15) is 37.4 Å². The molecule has 1 aromatic rings. The fourth-order valence-electron chi connectivity index (χ4n) is 1.79. The van der Waals surface area contributed by atoms with Gasteiger partial charge in [-0.25, -0.2) is 0 Å². The van der Waals surface area contributed by atoms with Gasteiger partial charge in [0.05, 0.1) is 5.69 Å². The maximum Gasteiger partial charge on any atom is 0.0666 e. The lowest BCUT2D eigenvalue weighted by Crippen LogP contribution is -2.15. The highest BCUT2D eigenvalue weighted by molar-refractivity contribution is 5.16. The zero-order valence-electron chi connectivity index (χ0n) is 10.4. The van der Waals surface area contributed by atoms with Gasteiger partial charge in [0, 0.05) is 32.0 Å². The number of rotatable bonds is 8. The first-order chi connectivity index (χ1) is 7.77. The van der Waals surface area contributed by atoms with Crippen LogP contribution in [0.2, 0.25) is 0 Å². The van der Waals surface area contributed by atoms with Crippen molar-refractivity contribution in [1.29, 1.82) is 0 Å². The Labute approximate surface area is 97.7 Å². The van der Waals surface area contributed by atoms with Crippen LogP contribution in [0.25, 0.3) is 0 Å². The van der Waals surface area contributed by atoms with E-state index in [0.29, 0.717) is 6.61 Å². The third kappa shape index (κ3) is 4.33. The summed E-state index contributed by atoms with van der Waals surface area (Å²) >= 11 is 0. The zero-order chi connectivity index (χ0) is 11.8. The van der Waals surface area contributed by atoms with Gasteiger partial charge in [-0.1, -0.05) is 6.92 Å². The molecule has 92 valence electrons. The summed E-state index contributed by atoms with van der Waals surface area (Å²) in [4.78, 5) is 0. The van der Waals surface area contributed by atoms with E-state index >= 15 is 0 Å². The van der Waals surface area contributed by atoms with E-state index in [1.54, 1.807) is 0 Å². The zero-order valence-corrected chi connectivity index (χ0v) is 10.4. The van der Waals surface area contributed by atoms with Gasteiger partial charge in [-0.05, 0) is 32.2 Å². The molecule has 0 spiro atoms. The van der Waals surface area contributed by atoms with Crippen LogP contribution in [-0.2, 0) is 20.0 Å². The lowest BCUT2D eigenvalue weighted by atomic mass is 10.2. The molecule has 0 aromatic carbocycles. The van der Waals surface area contributed by atoms with Crippen LogP contribution < -0.4 is 5.32 Å². The van der Waals surface area contributed by atoms with Gasteiger partial charge in [0.25, 0.3) is 0 Å². The van der Waals surface area contributed by atoms with Crippen molar-refractivity contribution < 1.29 is 5.11 Å². The van der Waals surface area contributed by atoms with Gasteiger partial charge in [0.15, 0.2) is 0 Å². The molecule has 0 aliphatic heterocycles. The minimum absolute atomic E-state index is 0.308. The molecule has 0 unspecified atom stereocenters. The summed E-state index contributed by atoms with van der Waals surface area (Å²) in [6.07, 6.45) is 6.20. The monoisotopic (exact) mass is 225 g/mol. The third-order valence-corrected chi connectivity index (χ3v) is 2.65. The van der Waals surface area contributed by atoms with E-state index in [0.717, 1.165) is 38.8 Å². The molecular weight excluding hydrogens is 202 g/mol. The van der Waals surface area contributed by atoms with Crippen molar-refractivity contribution in [2.75, 3.05) is 13.2 Å². The Bertz CT molecular complexity index is 296. The van der Waals surface area contributed by atoms with Crippen molar-refractivity contribution in [1.82, 2.24) is 15.1 Å². The molecular formula is C12H23N3O. The van der Waals surface area contributed by atoms with Gasteiger partial charge in [0.2, 0.25) is 0 Å². The van der Waals surface area contributed by atoms with Gasteiger partial charge in [-0.3, -0.25) is 4.68 Å². The van der Waals surface area contributed by atoms with Crippen LogP contribution in [0.4, 0.5) is 0 Å². The second kappa shape index (κ2) is 7.41. The topological polar surface area (TPSA) is 50.1 Å². The van der Waals surface area contributed by atoms with E-state index in [9.17, 15) is 0 Å². The maximum absolute atomic E-state index is 8.64. The van der Waals surface area contributed by atoms with Crippen molar-refractivity contribution in [2.45, 2.75) is 39.2 Å². The maximum atomic E-state index is 8.64. The molecule has 0 bridgehead atoms. The number of hydrogen-bond donors (Lipinski definition) is 2. The number of nitrogens with one attached hydrogen (secondary N) is 1. The summed E-state index contributed by atoms with van der Waals surface area (Å²) < 4.78 is 1.88. The molecule has 0 fully saturated rings. The van der Waals surface area contributed by atoms with E-state index in [4.69, 9.17) is 5.11 Å². The molecule has 1 heterocycles. The highest BCUT2D eigenvalue weighted by Gasteiger charge is 2.04. The van der Waals surface area contributed by atoms with Crippen molar-refractivity contribution in [3.63, 3.8) is 0 Å². The Hall–Kier alpha value is -0.870. The van der Waals surface area contributed by atoms with Crippen LogP contribution in [0, 0.1) is 0 Å². The summed E-state index contributed by atoms with van der Waals surface area (Å²) in [5.41, 5.74) is 2.48. The predicted octanol–water partition coefficient (Wildman–Crippen LogP) is 1.23. The summed E-state index contributed by atoms with van der Waals surface area (Å²) in [6.45, 7) is 4.35. The first-order valence-corrected chi connectivity index (χ1v) is 6.11. The average molecular weight is 225 g/mol.